The van der Waals surface area contributed by atoms with Crippen LogP contribution in [0.5, 0.6) is 5.75 Å². The average Bonchev–Trinajstić information content (AvgIpc) is 2.95. The number of rotatable bonds is 7. The Morgan fingerprint density at radius 3 is 2.57 bits per heavy atom. The lowest BCUT2D eigenvalue weighted by Crippen LogP contribution is -2.20. The third-order valence-corrected chi connectivity index (χ3v) is 3.23. The van der Waals surface area contributed by atoms with Crippen molar-refractivity contribution >= 4 is 5.78 Å². The summed E-state index contributed by atoms with van der Waals surface area (Å²) in [5.41, 5.74) is 1.28. The number of hydrogen-bond donors (Lipinski definition) is 0. The number of Topliss-reactive ketones (excluding diaryl/α,β-unsaturated/α-hetero) is 1. The molecule has 0 aliphatic rings. The van der Waals surface area contributed by atoms with Gasteiger partial charge in [0, 0.05) is 13.2 Å². The molecule has 0 saturated heterocycles. The molecule has 0 spiro atoms. The minimum Gasteiger partial charge on any atom is -0.493 e. The second kappa shape index (κ2) is 7.04. The largest absolute Gasteiger partial charge is 0.493 e. The van der Waals surface area contributed by atoms with Gasteiger partial charge in [0.25, 0.3) is 0 Å². The summed E-state index contributed by atoms with van der Waals surface area (Å²) in [6, 6.07) is 9.47. The van der Waals surface area contributed by atoms with Crippen molar-refractivity contribution in [1.82, 2.24) is 9.78 Å². The highest BCUT2D eigenvalue weighted by Gasteiger charge is 2.28. The second-order valence-corrected chi connectivity index (χ2v) is 4.49. The van der Waals surface area contributed by atoms with E-state index in [1.165, 1.54) is 7.11 Å². The lowest BCUT2D eigenvalue weighted by Gasteiger charge is -2.17. The van der Waals surface area contributed by atoms with E-state index < -0.39 is 6.10 Å². The van der Waals surface area contributed by atoms with Crippen LogP contribution in [0, 0.1) is 0 Å². The van der Waals surface area contributed by atoms with E-state index in [-0.39, 0.29) is 5.78 Å². The minimum absolute atomic E-state index is 0.140. The molecule has 0 radical (unpaired) electrons. The zero-order chi connectivity index (χ0) is 15.2. The molecule has 2 rings (SSSR count). The fourth-order valence-corrected chi connectivity index (χ4v) is 2.25. The van der Waals surface area contributed by atoms with E-state index in [1.807, 2.05) is 44.2 Å². The molecule has 0 bridgehead atoms. The van der Waals surface area contributed by atoms with Crippen molar-refractivity contribution in [3.8, 4) is 5.75 Å². The van der Waals surface area contributed by atoms with E-state index in [0.717, 1.165) is 5.56 Å². The second-order valence-electron chi connectivity index (χ2n) is 4.49. The molecule has 5 heteroatoms. The number of nitrogens with zero attached hydrogens (tertiary/aromatic N) is 2. The van der Waals surface area contributed by atoms with Crippen LogP contribution < -0.4 is 4.74 Å². The first-order chi connectivity index (χ1) is 10.2. The van der Waals surface area contributed by atoms with Gasteiger partial charge in [-0.15, -0.1) is 0 Å². The summed E-state index contributed by atoms with van der Waals surface area (Å²) in [5.74, 6) is 0.335. The lowest BCUT2D eigenvalue weighted by atomic mass is 10.0. The van der Waals surface area contributed by atoms with Crippen LogP contribution >= 0.6 is 0 Å². The third kappa shape index (κ3) is 3.13. The molecule has 1 aromatic heterocycles. The molecule has 5 nitrogen and oxygen atoms in total. The number of carbonyl (C=O) groups is 1. The number of hydrogen-bond acceptors (Lipinski definition) is 4. The molecule has 2 aromatic rings. The molecule has 0 aliphatic heterocycles. The predicted octanol–water partition coefficient (Wildman–Crippen LogP) is 2.87. The Bertz CT molecular complexity index is 571. The smallest absolute Gasteiger partial charge is 0.217 e. The van der Waals surface area contributed by atoms with Crippen LogP contribution in [0.4, 0.5) is 0 Å². The Hall–Kier alpha value is -2.14. The third-order valence-electron chi connectivity index (χ3n) is 3.23. The SMILES string of the molecule is CCOC(C(=O)c1c(OC)cnn1CC)c1ccccc1. The van der Waals surface area contributed by atoms with Crippen molar-refractivity contribution in [2.75, 3.05) is 13.7 Å². The molecular formula is C16H20N2O3. The number of aromatic nitrogens is 2. The van der Waals surface area contributed by atoms with E-state index in [2.05, 4.69) is 5.10 Å². The Morgan fingerprint density at radius 1 is 1.29 bits per heavy atom. The van der Waals surface area contributed by atoms with Gasteiger partial charge in [0.05, 0.1) is 13.3 Å². The maximum absolute atomic E-state index is 12.9. The number of carbonyl (C=O) groups excluding carboxylic acids is 1. The zero-order valence-corrected chi connectivity index (χ0v) is 12.6. The maximum Gasteiger partial charge on any atom is 0.217 e. The van der Waals surface area contributed by atoms with Crippen LogP contribution in [0.15, 0.2) is 36.5 Å². The van der Waals surface area contributed by atoms with E-state index in [4.69, 9.17) is 9.47 Å². The van der Waals surface area contributed by atoms with Gasteiger partial charge in [-0.05, 0) is 19.4 Å². The molecule has 21 heavy (non-hydrogen) atoms. The Morgan fingerprint density at radius 2 is 2.00 bits per heavy atom. The summed E-state index contributed by atoms with van der Waals surface area (Å²) < 4.78 is 12.6. The van der Waals surface area contributed by atoms with Crippen molar-refractivity contribution in [2.24, 2.45) is 0 Å². The van der Waals surface area contributed by atoms with Crippen LogP contribution in [0.3, 0.4) is 0 Å². The van der Waals surface area contributed by atoms with E-state index in [1.54, 1.807) is 10.9 Å². The fourth-order valence-electron chi connectivity index (χ4n) is 2.25. The number of benzene rings is 1. The zero-order valence-electron chi connectivity index (χ0n) is 12.6. The van der Waals surface area contributed by atoms with Crippen LogP contribution in [0.1, 0.15) is 36.0 Å². The first-order valence-corrected chi connectivity index (χ1v) is 7.03. The van der Waals surface area contributed by atoms with Gasteiger partial charge in [0.1, 0.15) is 11.8 Å². The van der Waals surface area contributed by atoms with Crippen LogP contribution in [0.25, 0.3) is 0 Å². The van der Waals surface area contributed by atoms with Gasteiger partial charge in [0.2, 0.25) is 5.78 Å². The maximum atomic E-state index is 12.9. The number of ether oxygens (including phenoxy) is 2. The van der Waals surface area contributed by atoms with Gasteiger partial charge in [-0.1, -0.05) is 30.3 Å². The average molecular weight is 288 g/mol. The first-order valence-electron chi connectivity index (χ1n) is 7.03. The molecule has 0 fully saturated rings. The molecule has 1 unspecified atom stereocenters. The van der Waals surface area contributed by atoms with Crippen LogP contribution in [-0.2, 0) is 11.3 Å². The number of aryl methyl sites for hydroxylation is 1. The van der Waals surface area contributed by atoms with E-state index >= 15 is 0 Å². The summed E-state index contributed by atoms with van der Waals surface area (Å²) in [5, 5.41) is 4.18. The molecular weight excluding hydrogens is 268 g/mol. The van der Waals surface area contributed by atoms with Crippen molar-refractivity contribution in [3.63, 3.8) is 0 Å². The number of methoxy groups -OCH3 is 1. The lowest BCUT2D eigenvalue weighted by molar-refractivity contribution is 0.0440. The topological polar surface area (TPSA) is 53.4 Å². The molecule has 0 aliphatic carbocycles. The standard InChI is InChI=1S/C16H20N2O3/c1-4-18-14(13(20-3)11-17-18)15(19)16(21-5-2)12-9-7-6-8-10-12/h6-11,16H,4-5H2,1-3H3. The minimum atomic E-state index is -0.646. The van der Waals surface area contributed by atoms with Gasteiger partial charge in [-0.25, -0.2) is 0 Å². The van der Waals surface area contributed by atoms with Gasteiger partial charge in [-0.2, -0.15) is 5.10 Å². The molecule has 1 aromatic carbocycles. The molecule has 1 heterocycles. The van der Waals surface area contributed by atoms with Gasteiger partial charge in [-0.3, -0.25) is 9.48 Å². The van der Waals surface area contributed by atoms with Crippen LogP contribution in [-0.4, -0.2) is 29.3 Å². The Kier molecular flexibility index (Phi) is 5.11. The Labute approximate surface area is 124 Å². The highest BCUT2D eigenvalue weighted by molar-refractivity contribution is 6.00. The first kappa shape index (κ1) is 15.3. The molecule has 0 N–H and O–H groups in total. The van der Waals surface area contributed by atoms with Crippen molar-refractivity contribution in [3.05, 3.63) is 47.8 Å². The van der Waals surface area contributed by atoms with Gasteiger partial charge < -0.3 is 9.47 Å². The van der Waals surface area contributed by atoms with Gasteiger partial charge in [0.15, 0.2) is 5.75 Å². The monoisotopic (exact) mass is 288 g/mol. The highest BCUT2D eigenvalue weighted by Crippen LogP contribution is 2.27. The molecule has 1 atom stereocenters. The molecule has 0 amide bonds. The molecule has 112 valence electrons. The summed E-state index contributed by atoms with van der Waals surface area (Å²) in [6.07, 6.45) is 0.914. The van der Waals surface area contributed by atoms with Crippen molar-refractivity contribution in [2.45, 2.75) is 26.5 Å². The Balaban J connectivity index is 2.42. The van der Waals surface area contributed by atoms with E-state index in [0.29, 0.717) is 24.6 Å². The molecule has 0 saturated carbocycles. The summed E-state index contributed by atoms with van der Waals surface area (Å²) in [7, 11) is 1.53. The van der Waals surface area contributed by atoms with Crippen molar-refractivity contribution in [1.29, 1.82) is 0 Å². The normalized spacial score (nSPS) is 12.1. The van der Waals surface area contributed by atoms with Gasteiger partial charge >= 0.3 is 0 Å². The summed E-state index contributed by atoms with van der Waals surface area (Å²) in [4.78, 5) is 12.9. The number of ketones is 1. The summed E-state index contributed by atoms with van der Waals surface area (Å²) >= 11 is 0. The highest BCUT2D eigenvalue weighted by atomic mass is 16.5. The van der Waals surface area contributed by atoms with E-state index in [9.17, 15) is 4.79 Å². The fraction of sp³-hybridized carbons (Fsp3) is 0.375. The summed E-state index contributed by atoms with van der Waals surface area (Å²) in [6.45, 7) is 4.85. The van der Waals surface area contributed by atoms with Crippen LogP contribution in [0.2, 0.25) is 0 Å². The quantitative estimate of drug-likeness (QED) is 0.735. The van der Waals surface area contributed by atoms with Crippen molar-refractivity contribution < 1.29 is 14.3 Å². The predicted molar refractivity (Wildman–Crippen MR) is 79.6 cm³/mol.